The third-order valence-corrected chi connectivity index (χ3v) is 1.49. The fraction of sp³-hybridized carbons (Fsp3) is 0.400. The van der Waals surface area contributed by atoms with Gasteiger partial charge in [-0.2, -0.15) is 0 Å². The summed E-state index contributed by atoms with van der Waals surface area (Å²) in [6.45, 7) is 1.44. The molecule has 1 aliphatic heterocycles. The van der Waals surface area contributed by atoms with Crippen molar-refractivity contribution in [2.45, 2.75) is 6.92 Å². The predicted molar refractivity (Wildman–Crippen MR) is 38.1 cm³/mol. The third-order valence-electron chi connectivity index (χ3n) is 1.16. The summed E-state index contributed by atoms with van der Waals surface area (Å²) < 4.78 is 0. The smallest absolute Gasteiger partial charge is 0.254 e. The molecule has 0 bridgehead atoms. The van der Waals surface area contributed by atoms with Crippen molar-refractivity contribution >= 4 is 29.1 Å². The van der Waals surface area contributed by atoms with E-state index in [0.717, 1.165) is 4.90 Å². The molecule has 0 unspecified atom stereocenters. The molecular weight excluding hydrogens is 152 g/mol. The zero-order valence-corrected chi connectivity index (χ0v) is 6.20. The first kappa shape index (κ1) is 7.14. The Kier molecular flexibility index (Phi) is 1.67. The number of carbonyl (C=O) groups is 2. The van der Waals surface area contributed by atoms with Crippen LogP contribution < -0.4 is 5.32 Å². The highest BCUT2D eigenvalue weighted by Crippen LogP contribution is 1.98. The van der Waals surface area contributed by atoms with Crippen LogP contribution in [0, 0.1) is 0 Å². The summed E-state index contributed by atoms with van der Waals surface area (Å²) in [5.74, 6) is -0.613. The van der Waals surface area contributed by atoms with E-state index in [9.17, 15) is 9.59 Å². The summed E-state index contributed by atoms with van der Waals surface area (Å²) in [7, 11) is 0. The van der Waals surface area contributed by atoms with Crippen LogP contribution in [0.1, 0.15) is 6.92 Å². The van der Waals surface area contributed by atoms with E-state index in [1.165, 1.54) is 6.92 Å². The minimum absolute atomic E-state index is 0.137. The van der Waals surface area contributed by atoms with Gasteiger partial charge in [-0.25, -0.2) is 4.90 Å². The van der Waals surface area contributed by atoms with Crippen LogP contribution >= 0.6 is 12.2 Å². The first-order chi connectivity index (χ1) is 4.63. The van der Waals surface area contributed by atoms with Crippen LogP contribution in [-0.4, -0.2) is 28.4 Å². The number of hydrogen-bond donors (Lipinski definition) is 1. The van der Waals surface area contributed by atoms with Gasteiger partial charge in [0.05, 0.1) is 6.54 Å². The average molecular weight is 158 g/mol. The van der Waals surface area contributed by atoms with E-state index in [-0.39, 0.29) is 23.5 Å². The maximum Gasteiger partial charge on any atom is 0.254 e. The molecular formula is C5H6N2O2S. The predicted octanol–water partition coefficient (Wildman–Crippen LogP) is -0.750. The molecule has 1 fully saturated rings. The molecule has 0 atom stereocenters. The molecule has 2 amide bonds. The zero-order chi connectivity index (χ0) is 7.72. The second-order valence-electron chi connectivity index (χ2n) is 1.91. The first-order valence-electron chi connectivity index (χ1n) is 2.74. The van der Waals surface area contributed by atoms with Gasteiger partial charge in [0.25, 0.3) is 5.91 Å². The maximum absolute atomic E-state index is 10.8. The number of imide groups is 1. The number of thiocarbonyl (C=S) groups is 1. The van der Waals surface area contributed by atoms with Crippen LogP contribution in [0.5, 0.6) is 0 Å². The SMILES string of the molecule is CC(=O)N1C(=O)CNC1=S. The van der Waals surface area contributed by atoms with E-state index in [2.05, 4.69) is 17.5 Å². The molecule has 1 aliphatic rings. The Labute approximate surface area is 63.2 Å². The summed E-state index contributed by atoms with van der Waals surface area (Å²) in [5, 5.41) is 2.79. The van der Waals surface area contributed by atoms with E-state index in [1.54, 1.807) is 0 Å². The van der Waals surface area contributed by atoms with Crippen molar-refractivity contribution in [3.63, 3.8) is 0 Å². The topological polar surface area (TPSA) is 49.4 Å². The number of hydrogen-bond acceptors (Lipinski definition) is 3. The van der Waals surface area contributed by atoms with Crippen molar-refractivity contribution in [3.8, 4) is 0 Å². The minimum atomic E-state index is -0.333. The monoisotopic (exact) mass is 158 g/mol. The van der Waals surface area contributed by atoms with E-state index in [1.807, 2.05) is 0 Å². The Morgan fingerprint density at radius 2 is 2.40 bits per heavy atom. The zero-order valence-electron chi connectivity index (χ0n) is 5.38. The second kappa shape index (κ2) is 2.34. The lowest BCUT2D eigenvalue weighted by Gasteiger charge is -2.07. The van der Waals surface area contributed by atoms with E-state index >= 15 is 0 Å². The van der Waals surface area contributed by atoms with Crippen LogP contribution in [0.3, 0.4) is 0 Å². The van der Waals surface area contributed by atoms with Crippen LogP contribution in [0.4, 0.5) is 0 Å². The normalized spacial score (nSPS) is 17.5. The molecule has 10 heavy (non-hydrogen) atoms. The molecule has 0 aliphatic carbocycles. The standard InChI is InChI=1S/C5H6N2O2S/c1-3(8)7-4(9)2-6-5(7)10/h2H2,1H3,(H,6,10). The van der Waals surface area contributed by atoms with Crippen molar-refractivity contribution in [1.82, 2.24) is 10.2 Å². The molecule has 1 saturated heterocycles. The lowest BCUT2D eigenvalue weighted by Crippen LogP contribution is -2.34. The molecule has 1 N–H and O–H groups in total. The average Bonchev–Trinajstić information content (AvgIpc) is 2.11. The van der Waals surface area contributed by atoms with E-state index in [0.29, 0.717) is 0 Å². The summed E-state index contributed by atoms with van der Waals surface area (Å²) >= 11 is 4.67. The van der Waals surface area contributed by atoms with Gasteiger partial charge in [0.2, 0.25) is 5.91 Å². The quantitative estimate of drug-likeness (QED) is 0.471. The molecule has 5 heteroatoms. The summed E-state index contributed by atoms with van der Waals surface area (Å²) in [4.78, 5) is 22.4. The Balaban J connectivity index is 2.82. The van der Waals surface area contributed by atoms with Gasteiger partial charge in [0.1, 0.15) is 0 Å². The lowest BCUT2D eigenvalue weighted by molar-refractivity contribution is -0.136. The molecule has 1 rings (SSSR count). The minimum Gasteiger partial charge on any atom is -0.353 e. The maximum atomic E-state index is 10.8. The van der Waals surface area contributed by atoms with Crippen LogP contribution in [0.2, 0.25) is 0 Å². The van der Waals surface area contributed by atoms with Crippen molar-refractivity contribution < 1.29 is 9.59 Å². The fourth-order valence-corrected chi connectivity index (χ4v) is 1.04. The van der Waals surface area contributed by atoms with Gasteiger partial charge < -0.3 is 5.32 Å². The molecule has 0 spiro atoms. The van der Waals surface area contributed by atoms with E-state index < -0.39 is 0 Å². The highest BCUT2D eigenvalue weighted by atomic mass is 32.1. The highest BCUT2D eigenvalue weighted by Gasteiger charge is 2.28. The molecule has 0 saturated carbocycles. The Morgan fingerprint density at radius 3 is 2.60 bits per heavy atom. The molecule has 0 aromatic rings. The fourth-order valence-electron chi connectivity index (χ4n) is 0.741. The Hall–Kier alpha value is -0.970. The second-order valence-corrected chi connectivity index (χ2v) is 2.29. The highest BCUT2D eigenvalue weighted by molar-refractivity contribution is 7.80. The van der Waals surface area contributed by atoms with Gasteiger partial charge in [-0.1, -0.05) is 0 Å². The van der Waals surface area contributed by atoms with Crippen LogP contribution in [0.15, 0.2) is 0 Å². The molecule has 0 aromatic carbocycles. The van der Waals surface area contributed by atoms with Gasteiger partial charge in [0, 0.05) is 6.92 Å². The molecule has 4 nitrogen and oxygen atoms in total. The Morgan fingerprint density at radius 1 is 1.80 bits per heavy atom. The number of nitrogens with one attached hydrogen (secondary N) is 1. The molecule has 0 aromatic heterocycles. The molecule has 54 valence electrons. The van der Waals surface area contributed by atoms with E-state index in [4.69, 9.17) is 0 Å². The lowest BCUT2D eigenvalue weighted by atomic mass is 10.5. The number of amides is 2. The number of nitrogens with zero attached hydrogens (tertiary/aromatic N) is 1. The molecule has 0 radical (unpaired) electrons. The van der Waals surface area contributed by atoms with Crippen molar-refractivity contribution in [3.05, 3.63) is 0 Å². The van der Waals surface area contributed by atoms with Crippen molar-refractivity contribution in [2.24, 2.45) is 0 Å². The summed E-state index contributed by atoms with van der Waals surface area (Å²) in [5.41, 5.74) is 0. The third kappa shape index (κ3) is 0.995. The van der Waals surface area contributed by atoms with Crippen LogP contribution in [0.25, 0.3) is 0 Å². The largest absolute Gasteiger partial charge is 0.353 e. The number of rotatable bonds is 0. The molecule has 1 heterocycles. The van der Waals surface area contributed by atoms with Gasteiger partial charge in [0.15, 0.2) is 5.11 Å². The first-order valence-corrected chi connectivity index (χ1v) is 3.15. The Bertz CT molecular complexity index is 198. The van der Waals surface area contributed by atoms with Crippen LogP contribution in [-0.2, 0) is 9.59 Å². The number of carbonyl (C=O) groups excluding carboxylic acids is 2. The summed E-state index contributed by atoms with van der Waals surface area (Å²) in [6.07, 6.45) is 0. The van der Waals surface area contributed by atoms with Gasteiger partial charge >= 0.3 is 0 Å². The van der Waals surface area contributed by atoms with Gasteiger partial charge in [-0.15, -0.1) is 0 Å². The van der Waals surface area contributed by atoms with Crippen molar-refractivity contribution in [2.75, 3.05) is 6.54 Å². The van der Waals surface area contributed by atoms with Gasteiger partial charge in [-0.3, -0.25) is 9.59 Å². The van der Waals surface area contributed by atoms with Gasteiger partial charge in [-0.05, 0) is 12.2 Å². The summed E-state index contributed by atoms with van der Waals surface area (Å²) in [6, 6.07) is 0. The van der Waals surface area contributed by atoms with Crippen molar-refractivity contribution in [1.29, 1.82) is 0 Å².